The van der Waals surface area contributed by atoms with Gasteiger partial charge in [-0.15, -0.1) is 0 Å². The maximum atomic E-state index is 13.3. The molecule has 3 amide bonds. The number of hydrogen-bond donors (Lipinski definition) is 3. The number of carbonyl (C=O) groups is 3. The number of nitrogens with zero attached hydrogens (tertiary/aromatic N) is 2. The van der Waals surface area contributed by atoms with Crippen molar-refractivity contribution in [3.8, 4) is 11.5 Å². The van der Waals surface area contributed by atoms with Gasteiger partial charge in [0.05, 0.1) is 48.0 Å². The molecule has 0 spiro atoms. The molecule has 11 heteroatoms. The normalized spacial score (nSPS) is 21.4. The summed E-state index contributed by atoms with van der Waals surface area (Å²) in [6, 6.07) is 9.09. The lowest BCUT2D eigenvalue weighted by Crippen LogP contribution is -2.40. The molecule has 2 aromatic rings. The molecule has 1 saturated heterocycles. The molecule has 1 aromatic heterocycles. The molecular formula is C31H35IN2O8. The van der Waals surface area contributed by atoms with Gasteiger partial charge >= 0.3 is 6.09 Å². The van der Waals surface area contributed by atoms with Crippen LogP contribution in [0, 0.1) is 21.3 Å². The number of pyridine rings is 1. The number of likely N-dealkylation sites (tertiary alicyclic amines) is 1. The summed E-state index contributed by atoms with van der Waals surface area (Å²) in [6.07, 6.45) is 3.76. The van der Waals surface area contributed by atoms with Gasteiger partial charge in [0, 0.05) is 12.1 Å². The quantitative estimate of drug-likeness (QED) is 0.186. The molecule has 2 heterocycles. The summed E-state index contributed by atoms with van der Waals surface area (Å²) in [7, 11) is 2.59. The van der Waals surface area contributed by atoms with E-state index in [0.717, 1.165) is 30.2 Å². The number of benzene rings is 1. The number of allylic oxidation sites excluding steroid dienone is 2. The molecule has 0 saturated carbocycles. The second-order valence-corrected chi connectivity index (χ2v) is 11.6. The van der Waals surface area contributed by atoms with Gasteiger partial charge in [-0.05, 0) is 95.3 Å². The molecular weight excluding hydrogens is 655 g/mol. The second-order valence-electron chi connectivity index (χ2n) is 10.4. The first kappa shape index (κ1) is 31.6. The number of phenolic OH excluding ortho intramolecular Hbond substituents is 1. The summed E-state index contributed by atoms with van der Waals surface area (Å²) in [5, 5.41) is 32.4. The number of rotatable bonds is 10. The number of halogens is 1. The highest BCUT2D eigenvalue weighted by Gasteiger charge is 2.57. The van der Waals surface area contributed by atoms with E-state index in [1.54, 1.807) is 12.3 Å². The van der Waals surface area contributed by atoms with E-state index in [1.807, 2.05) is 59.9 Å². The first-order chi connectivity index (χ1) is 20.2. The highest BCUT2D eigenvalue weighted by Crippen LogP contribution is 2.47. The van der Waals surface area contributed by atoms with Gasteiger partial charge in [-0.25, -0.2) is 4.79 Å². The Morgan fingerprint density at radius 3 is 2.62 bits per heavy atom. The third kappa shape index (κ3) is 6.23. The lowest BCUT2D eigenvalue weighted by Gasteiger charge is -2.36. The molecule has 0 radical (unpaired) electrons. The monoisotopic (exact) mass is 690 g/mol. The van der Waals surface area contributed by atoms with E-state index in [4.69, 9.17) is 4.74 Å². The van der Waals surface area contributed by atoms with E-state index in [-0.39, 0.29) is 18.6 Å². The molecule has 224 valence electrons. The standard InChI is InChI=1S/C31H35IN2O8/c1-4-7-19-15-20-27(30(39)34(29(20)38)31(40)42-3)21(16-35)26(19)24(36)10-9-18(23-8-5-6-11-33-23)12-17-13-22(32)28(37)25(14-17)41-2/h5-6,8,11-14,20-21,24,27,35-37H,4,7,9-10,15-16H2,1-3H3/b18-12-/t20-,21+,24-,27-/m1/s1. The van der Waals surface area contributed by atoms with E-state index < -0.39 is 48.4 Å². The summed E-state index contributed by atoms with van der Waals surface area (Å²) < 4.78 is 10.6. The van der Waals surface area contributed by atoms with Gasteiger partial charge in [-0.1, -0.05) is 25.0 Å². The fraction of sp³-hybridized carbons (Fsp3) is 0.419. The Kier molecular flexibility index (Phi) is 10.4. The summed E-state index contributed by atoms with van der Waals surface area (Å²) >= 11 is 2.03. The third-order valence-electron chi connectivity index (χ3n) is 7.94. The van der Waals surface area contributed by atoms with Crippen molar-refractivity contribution in [2.24, 2.45) is 17.8 Å². The molecule has 3 N–H and O–H groups in total. The van der Waals surface area contributed by atoms with Crippen molar-refractivity contribution in [2.75, 3.05) is 20.8 Å². The average Bonchev–Trinajstić information content (AvgIpc) is 3.24. The SMILES string of the molecule is CCCC1=C([C@H](O)CC/C(=C/c2cc(I)c(O)c(OC)c2)c2ccccn2)[C@H](CO)[C@@H]2C(=O)N(C(=O)OC)C(=O)[C@@H]2C1. The highest BCUT2D eigenvalue weighted by atomic mass is 127. The average molecular weight is 691 g/mol. The van der Waals surface area contributed by atoms with Crippen LogP contribution in [0.3, 0.4) is 0 Å². The van der Waals surface area contributed by atoms with Crippen LogP contribution in [-0.4, -0.2) is 70.0 Å². The number of hydrogen-bond acceptors (Lipinski definition) is 9. The van der Waals surface area contributed by atoms with Crippen LogP contribution in [-0.2, 0) is 14.3 Å². The topological polar surface area (TPSA) is 146 Å². The fourth-order valence-electron chi connectivity index (χ4n) is 6.08. The number of aromatic nitrogens is 1. The molecule has 1 aromatic carbocycles. The number of methoxy groups -OCH3 is 2. The van der Waals surface area contributed by atoms with E-state index in [2.05, 4.69) is 9.72 Å². The minimum atomic E-state index is -1.04. The van der Waals surface area contributed by atoms with Crippen LogP contribution in [0.2, 0.25) is 0 Å². The Hall–Kier alpha value is -3.29. The maximum absolute atomic E-state index is 13.3. The number of carbonyl (C=O) groups excluding carboxylic acids is 3. The van der Waals surface area contributed by atoms with Gasteiger partial charge in [0.2, 0.25) is 11.8 Å². The van der Waals surface area contributed by atoms with Gasteiger partial charge in [-0.2, -0.15) is 4.90 Å². The molecule has 4 atom stereocenters. The van der Waals surface area contributed by atoms with E-state index >= 15 is 0 Å². The van der Waals surface area contributed by atoms with Gasteiger partial charge in [0.1, 0.15) is 0 Å². The van der Waals surface area contributed by atoms with Gasteiger partial charge in [0.15, 0.2) is 11.5 Å². The summed E-state index contributed by atoms with van der Waals surface area (Å²) in [5.41, 5.74) is 3.71. The molecule has 0 unspecified atom stereocenters. The minimum Gasteiger partial charge on any atom is -0.504 e. The maximum Gasteiger partial charge on any atom is 0.423 e. The second kappa shape index (κ2) is 13.8. The Balaban J connectivity index is 1.67. The number of ether oxygens (including phenoxy) is 2. The summed E-state index contributed by atoms with van der Waals surface area (Å²) in [4.78, 5) is 43.6. The van der Waals surface area contributed by atoms with E-state index in [0.29, 0.717) is 38.3 Å². The van der Waals surface area contributed by atoms with Gasteiger partial charge < -0.3 is 24.8 Å². The zero-order valence-corrected chi connectivity index (χ0v) is 25.9. The van der Waals surface area contributed by atoms with Gasteiger partial charge in [0.25, 0.3) is 0 Å². The minimum absolute atomic E-state index is 0.0526. The van der Waals surface area contributed by atoms with Crippen molar-refractivity contribution in [3.05, 3.63) is 62.5 Å². The Morgan fingerprint density at radius 2 is 2.00 bits per heavy atom. The van der Waals surface area contributed by atoms with Crippen LogP contribution in [0.5, 0.6) is 11.5 Å². The van der Waals surface area contributed by atoms with Crippen molar-refractivity contribution >= 4 is 52.1 Å². The van der Waals surface area contributed by atoms with Crippen LogP contribution in [0.15, 0.2) is 47.7 Å². The molecule has 10 nitrogen and oxygen atoms in total. The lowest BCUT2D eigenvalue weighted by atomic mass is 9.67. The first-order valence-corrected chi connectivity index (χ1v) is 14.9. The van der Waals surface area contributed by atoms with Crippen LogP contribution in [0.25, 0.3) is 11.6 Å². The Labute approximate surface area is 258 Å². The van der Waals surface area contributed by atoms with Crippen LogP contribution in [0.4, 0.5) is 4.79 Å². The number of imide groups is 3. The Morgan fingerprint density at radius 1 is 1.24 bits per heavy atom. The zero-order chi connectivity index (χ0) is 30.6. The fourth-order valence-corrected chi connectivity index (χ4v) is 6.70. The van der Waals surface area contributed by atoms with Crippen molar-refractivity contribution in [3.63, 3.8) is 0 Å². The summed E-state index contributed by atoms with van der Waals surface area (Å²) in [6.45, 7) is 1.53. The molecule has 2 aliphatic rings. The van der Waals surface area contributed by atoms with E-state index in [9.17, 15) is 29.7 Å². The van der Waals surface area contributed by atoms with Crippen LogP contribution >= 0.6 is 22.6 Å². The van der Waals surface area contributed by atoms with Gasteiger partial charge in [-0.3, -0.25) is 14.6 Å². The van der Waals surface area contributed by atoms with Crippen molar-refractivity contribution in [2.45, 2.75) is 45.1 Å². The van der Waals surface area contributed by atoms with Crippen LogP contribution < -0.4 is 4.74 Å². The lowest BCUT2D eigenvalue weighted by molar-refractivity contribution is -0.137. The predicted octanol–water partition coefficient (Wildman–Crippen LogP) is 4.56. The third-order valence-corrected chi connectivity index (χ3v) is 8.76. The molecule has 0 bridgehead atoms. The largest absolute Gasteiger partial charge is 0.504 e. The smallest absolute Gasteiger partial charge is 0.423 e. The number of fused-ring (bicyclic) bond motifs is 1. The van der Waals surface area contributed by atoms with Crippen LogP contribution in [0.1, 0.15) is 50.3 Å². The molecule has 1 aliphatic heterocycles. The van der Waals surface area contributed by atoms with Crippen molar-refractivity contribution in [1.82, 2.24) is 9.88 Å². The Bertz CT molecular complexity index is 1410. The number of amides is 3. The van der Waals surface area contributed by atoms with Crippen molar-refractivity contribution in [1.29, 1.82) is 0 Å². The molecule has 1 aliphatic carbocycles. The predicted molar refractivity (Wildman–Crippen MR) is 163 cm³/mol. The molecule has 4 rings (SSSR count). The number of aromatic hydroxyl groups is 1. The molecule has 42 heavy (non-hydrogen) atoms. The highest BCUT2D eigenvalue weighted by molar-refractivity contribution is 14.1. The van der Waals surface area contributed by atoms with Crippen molar-refractivity contribution < 1.29 is 39.2 Å². The van der Waals surface area contributed by atoms with E-state index in [1.165, 1.54) is 7.11 Å². The molecule has 1 fully saturated rings. The number of aliphatic hydroxyl groups is 2. The first-order valence-electron chi connectivity index (χ1n) is 13.8. The summed E-state index contributed by atoms with van der Waals surface area (Å²) in [5.74, 6) is -3.50. The number of phenols is 1. The number of aliphatic hydroxyl groups excluding tert-OH is 2. The zero-order valence-electron chi connectivity index (χ0n) is 23.7.